The Kier molecular flexibility index (Phi) is 5.11. The van der Waals surface area contributed by atoms with E-state index < -0.39 is 0 Å². The molecule has 0 aliphatic heterocycles. The van der Waals surface area contributed by atoms with E-state index in [1.54, 1.807) is 25.3 Å². The number of hydrogen-bond donors (Lipinski definition) is 0. The van der Waals surface area contributed by atoms with Gasteiger partial charge >= 0.3 is 0 Å². The fourth-order valence-electron chi connectivity index (χ4n) is 3.00. The molecule has 0 atom stereocenters. The zero-order chi connectivity index (χ0) is 19.7. The van der Waals surface area contributed by atoms with Gasteiger partial charge in [0.15, 0.2) is 5.78 Å². The number of hydrogen-bond acceptors (Lipinski definition) is 5. The van der Waals surface area contributed by atoms with E-state index in [1.807, 2.05) is 35.7 Å². The van der Waals surface area contributed by atoms with Crippen LogP contribution in [0, 0.1) is 0 Å². The smallest absolute Gasteiger partial charge is 0.263 e. The lowest BCUT2D eigenvalue weighted by Crippen LogP contribution is -2.24. The minimum absolute atomic E-state index is 0.0788. The van der Waals surface area contributed by atoms with Crippen LogP contribution in [-0.2, 0) is 6.54 Å². The van der Waals surface area contributed by atoms with Crippen molar-refractivity contribution in [2.45, 2.75) is 6.54 Å². The summed E-state index contributed by atoms with van der Waals surface area (Å²) < 4.78 is 7.24. The second-order valence-electron chi connectivity index (χ2n) is 6.15. The predicted molar refractivity (Wildman–Crippen MR) is 114 cm³/mol. The van der Waals surface area contributed by atoms with Crippen molar-refractivity contribution in [3.63, 3.8) is 0 Å². The summed E-state index contributed by atoms with van der Waals surface area (Å²) in [6.45, 7) is -0.0788. The lowest BCUT2D eigenvalue weighted by Gasteiger charge is -2.08. The Balaban J connectivity index is 1.72. The van der Waals surface area contributed by atoms with Gasteiger partial charge in [-0.05, 0) is 39.7 Å². The number of fused-ring (bicyclic) bond motifs is 1. The third kappa shape index (κ3) is 3.39. The summed E-state index contributed by atoms with van der Waals surface area (Å²) in [4.78, 5) is 30.8. The van der Waals surface area contributed by atoms with Crippen LogP contribution in [-0.4, -0.2) is 22.4 Å². The summed E-state index contributed by atoms with van der Waals surface area (Å²) in [5.74, 6) is 0.464. The van der Waals surface area contributed by atoms with Crippen molar-refractivity contribution in [2.75, 3.05) is 7.11 Å². The lowest BCUT2D eigenvalue weighted by atomic mass is 10.1. The molecule has 4 aromatic rings. The summed E-state index contributed by atoms with van der Waals surface area (Å²) >= 11 is 4.81. The third-order valence-electron chi connectivity index (χ3n) is 4.43. The van der Waals surface area contributed by atoms with Crippen molar-refractivity contribution >= 4 is 43.3 Å². The van der Waals surface area contributed by atoms with Crippen molar-refractivity contribution in [1.82, 2.24) is 9.55 Å². The molecule has 2 heterocycles. The first-order valence-corrected chi connectivity index (χ1v) is 10.1. The van der Waals surface area contributed by atoms with Gasteiger partial charge in [0.2, 0.25) is 0 Å². The molecule has 0 radical (unpaired) electrons. The number of nitrogens with zero attached hydrogens (tertiary/aromatic N) is 2. The highest BCUT2D eigenvalue weighted by atomic mass is 79.9. The van der Waals surface area contributed by atoms with Gasteiger partial charge in [0.1, 0.15) is 10.6 Å². The van der Waals surface area contributed by atoms with Crippen molar-refractivity contribution in [2.24, 2.45) is 0 Å². The Morgan fingerprint density at radius 3 is 2.71 bits per heavy atom. The maximum Gasteiger partial charge on any atom is 0.263 e. The number of methoxy groups -OCH3 is 1. The van der Waals surface area contributed by atoms with Crippen LogP contribution in [0.15, 0.2) is 69.5 Å². The fourth-order valence-corrected chi connectivity index (χ4v) is 4.44. The number of rotatable bonds is 5. The molecule has 0 unspecified atom stereocenters. The molecule has 2 aromatic carbocycles. The monoisotopic (exact) mass is 454 g/mol. The standard InChI is InChI=1S/C21H15BrN2O3S/c1-27-18-8-7-14(9-16(18)22)17(25)10-24-12-23-20-19(21(24)26)15(11-28-20)13-5-3-2-4-6-13/h2-9,11-12H,10H2,1H3. The Bertz CT molecular complexity index is 1230. The van der Waals surface area contributed by atoms with Crippen LogP contribution in [0.5, 0.6) is 5.75 Å². The number of benzene rings is 2. The number of ketones is 1. The second-order valence-corrected chi connectivity index (χ2v) is 7.86. The lowest BCUT2D eigenvalue weighted by molar-refractivity contribution is 0.0970. The molecule has 0 bridgehead atoms. The molecule has 5 nitrogen and oxygen atoms in total. The number of Topliss-reactive ketones (excluding diaryl/α,β-unsaturated/α-hetero) is 1. The summed E-state index contributed by atoms with van der Waals surface area (Å²) in [7, 11) is 1.56. The summed E-state index contributed by atoms with van der Waals surface area (Å²) in [5.41, 5.74) is 2.07. The molecule has 0 N–H and O–H groups in total. The van der Waals surface area contributed by atoms with E-state index in [0.29, 0.717) is 26.0 Å². The van der Waals surface area contributed by atoms with Crippen LogP contribution in [0.2, 0.25) is 0 Å². The fraction of sp³-hybridized carbons (Fsp3) is 0.0952. The molecule has 0 amide bonds. The molecule has 0 fully saturated rings. The Hall–Kier alpha value is -2.77. The average molecular weight is 455 g/mol. The minimum Gasteiger partial charge on any atom is -0.496 e. The quantitative estimate of drug-likeness (QED) is 0.407. The van der Waals surface area contributed by atoms with Crippen molar-refractivity contribution in [3.8, 4) is 16.9 Å². The summed E-state index contributed by atoms with van der Waals surface area (Å²) in [5, 5.41) is 2.48. The summed E-state index contributed by atoms with van der Waals surface area (Å²) in [6.07, 6.45) is 1.44. The first kappa shape index (κ1) is 18.6. The summed E-state index contributed by atoms with van der Waals surface area (Å²) in [6, 6.07) is 14.8. The molecular formula is C21H15BrN2O3S. The highest BCUT2D eigenvalue weighted by molar-refractivity contribution is 9.10. The van der Waals surface area contributed by atoms with Gasteiger partial charge in [-0.15, -0.1) is 11.3 Å². The number of halogens is 1. The molecule has 0 saturated heterocycles. The van der Waals surface area contributed by atoms with Gasteiger partial charge < -0.3 is 4.74 Å². The van der Waals surface area contributed by atoms with Crippen molar-refractivity contribution < 1.29 is 9.53 Å². The zero-order valence-corrected chi connectivity index (χ0v) is 17.3. The number of carbonyl (C=O) groups excluding carboxylic acids is 1. The first-order chi connectivity index (χ1) is 13.6. The van der Waals surface area contributed by atoms with Gasteiger partial charge in [0.25, 0.3) is 5.56 Å². The molecule has 0 saturated carbocycles. The molecule has 0 aliphatic rings. The van der Waals surface area contributed by atoms with Gasteiger partial charge in [0, 0.05) is 16.5 Å². The number of carbonyl (C=O) groups is 1. The van der Waals surface area contributed by atoms with Gasteiger partial charge in [-0.3, -0.25) is 14.2 Å². The van der Waals surface area contributed by atoms with Crippen LogP contribution in [0.25, 0.3) is 21.3 Å². The zero-order valence-electron chi connectivity index (χ0n) is 14.9. The Labute approximate surface area is 173 Å². The predicted octanol–water partition coefficient (Wildman–Crippen LogP) is 4.78. The van der Waals surface area contributed by atoms with E-state index >= 15 is 0 Å². The third-order valence-corrected chi connectivity index (χ3v) is 5.94. The van der Waals surface area contributed by atoms with Crippen LogP contribution >= 0.6 is 27.3 Å². The molecule has 0 spiro atoms. The van der Waals surface area contributed by atoms with Crippen molar-refractivity contribution in [3.05, 3.63) is 80.6 Å². The van der Waals surface area contributed by atoms with E-state index in [1.165, 1.54) is 22.2 Å². The van der Waals surface area contributed by atoms with E-state index in [4.69, 9.17) is 4.74 Å². The highest BCUT2D eigenvalue weighted by Gasteiger charge is 2.16. The van der Waals surface area contributed by atoms with Crippen LogP contribution in [0.4, 0.5) is 0 Å². The van der Waals surface area contributed by atoms with Gasteiger partial charge in [0.05, 0.1) is 29.8 Å². The normalized spacial score (nSPS) is 10.9. The van der Waals surface area contributed by atoms with E-state index in [-0.39, 0.29) is 17.9 Å². The molecule has 4 rings (SSSR count). The van der Waals surface area contributed by atoms with E-state index in [9.17, 15) is 9.59 Å². The SMILES string of the molecule is COc1ccc(C(=O)Cn2cnc3scc(-c4ccccc4)c3c2=O)cc1Br. The number of thiophene rings is 1. The minimum atomic E-state index is -0.217. The highest BCUT2D eigenvalue weighted by Crippen LogP contribution is 2.30. The van der Waals surface area contributed by atoms with Crippen LogP contribution in [0.1, 0.15) is 10.4 Å². The largest absolute Gasteiger partial charge is 0.496 e. The van der Waals surface area contributed by atoms with Gasteiger partial charge in [-0.25, -0.2) is 4.98 Å². The van der Waals surface area contributed by atoms with Crippen LogP contribution < -0.4 is 10.3 Å². The molecular weight excluding hydrogens is 440 g/mol. The maximum absolute atomic E-state index is 13.1. The average Bonchev–Trinajstić information content (AvgIpc) is 3.15. The molecule has 28 heavy (non-hydrogen) atoms. The molecule has 140 valence electrons. The van der Waals surface area contributed by atoms with Gasteiger partial charge in [-0.2, -0.15) is 0 Å². The molecule has 7 heteroatoms. The second kappa shape index (κ2) is 7.69. The van der Waals surface area contributed by atoms with E-state index in [0.717, 1.165) is 11.1 Å². The van der Waals surface area contributed by atoms with E-state index in [2.05, 4.69) is 20.9 Å². The molecule has 2 aromatic heterocycles. The van der Waals surface area contributed by atoms with Crippen LogP contribution in [0.3, 0.4) is 0 Å². The Morgan fingerprint density at radius 1 is 1.21 bits per heavy atom. The molecule has 0 aliphatic carbocycles. The van der Waals surface area contributed by atoms with Crippen molar-refractivity contribution in [1.29, 1.82) is 0 Å². The Morgan fingerprint density at radius 2 is 2.00 bits per heavy atom. The first-order valence-electron chi connectivity index (χ1n) is 8.47. The number of aromatic nitrogens is 2. The topological polar surface area (TPSA) is 61.2 Å². The number of ether oxygens (including phenoxy) is 1. The van der Waals surface area contributed by atoms with Gasteiger partial charge in [-0.1, -0.05) is 30.3 Å². The maximum atomic E-state index is 13.1.